The molecule has 3 amide bonds. The van der Waals surface area contributed by atoms with E-state index in [1.807, 2.05) is 24.3 Å². The SMILES string of the molecule is O=C(NCc1cccc(NC(=O)N2CCCC2)c1)c1sc2cc(Cl)cc(Cl)c2c1Cl. The van der Waals surface area contributed by atoms with Gasteiger partial charge in [-0.2, -0.15) is 0 Å². The first-order chi connectivity index (χ1) is 14.4. The molecule has 1 aromatic heterocycles. The van der Waals surface area contributed by atoms with Crippen molar-refractivity contribution >= 4 is 73.9 Å². The van der Waals surface area contributed by atoms with E-state index in [9.17, 15) is 9.59 Å². The number of halogens is 3. The van der Waals surface area contributed by atoms with E-state index in [0.717, 1.165) is 36.2 Å². The van der Waals surface area contributed by atoms with Gasteiger partial charge in [-0.25, -0.2) is 4.79 Å². The van der Waals surface area contributed by atoms with Crippen LogP contribution < -0.4 is 10.6 Å². The van der Waals surface area contributed by atoms with Gasteiger partial charge >= 0.3 is 6.03 Å². The highest BCUT2D eigenvalue weighted by Crippen LogP contribution is 2.41. The van der Waals surface area contributed by atoms with Gasteiger partial charge in [0.25, 0.3) is 5.91 Å². The summed E-state index contributed by atoms with van der Waals surface area (Å²) < 4.78 is 0.759. The Labute approximate surface area is 192 Å². The molecule has 0 atom stereocenters. The topological polar surface area (TPSA) is 61.4 Å². The molecule has 0 radical (unpaired) electrons. The molecule has 2 N–H and O–H groups in total. The van der Waals surface area contributed by atoms with E-state index < -0.39 is 0 Å². The maximum Gasteiger partial charge on any atom is 0.321 e. The van der Waals surface area contributed by atoms with E-state index >= 15 is 0 Å². The zero-order valence-electron chi connectivity index (χ0n) is 15.8. The minimum absolute atomic E-state index is 0.0960. The van der Waals surface area contributed by atoms with Gasteiger partial charge in [-0.1, -0.05) is 46.9 Å². The van der Waals surface area contributed by atoms with Crippen molar-refractivity contribution in [2.24, 2.45) is 0 Å². The molecule has 2 heterocycles. The van der Waals surface area contributed by atoms with Crippen LogP contribution >= 0.6 is 46.1 Å². The number of carbonyl (C=O) groups is 2. The van der Waals surface area contributed by atoms with Crippen molar-refractivity contribution in [3.8, 4) is 0 Å². The molecule has 0 bridgehead atoms. The Hall–Kier alpha value is -1.99. The molecule has 0 saturated carbocycles. The highest BCUT2D eigenvalue weighted by Gasteiger charge is 2.20. The van der Waals surface area contributed by atoms with Crippen molar-refractivity contribution in [2.75, 3.05) is 18.4 Å². The molecule has 30 heavy (non-hydrogen) atoms. The lowest BCUT2D eigenvalue weighted by Gasteiger charge is -2.16. The van der Waals surface area contributed by atoms with Crippen LogP contribution in [-0.2, 0) is 6.54 Å². The van der Waals surface area contributed by atoms with Gasteiger partial charge in [0.05, 0.1) is 10.0 Å². The number of nitrogens with one attached hydrogen (secondary N) is 2. The first-order valence-corrected chi connectivity index (χ1v) is 11.4. The first kappa shape index (κ1) is 21.2. The molecule has 5 nitrogen and oxygen atoms in total. The van der Waals surface area contributed by atoms with E-state index in [2.05, 4.69) is 10.6 Å². The Morgan fingerprint density at radius 2 is 1.83 bits per heavy atom. The molecule has 1 aliphatic heterocycles. The average molecular weight is 483 g/mol. The fourth-order valence-corrected chi connectivity index (χ4v) is 5.70. The fraction of sp³-hybridized carbons (Fsp3) is 0.238. The third-order valence-corrected chi connectivity index (χ3v) is 7.02. The summed E-state index contributed by atoms with van der Waals surface area (Å²) in [6.07, 6.45) is 2.08. The van der Waals surface area contributed by atoms with E-state index in [-0.39, 0.29) is 11.9 Å². The van der Waals surface area contributed by atoms with Crippen molar-refractivity contribution < 1.29 is 9.59 Å². The third-order valence-electron chi connectivity index (χ3n) is 4.88. The van der Waals surface area contributed by atoms with Crippen LogP contribution in [0.1, 0.15) is 28.1 Å². The summed E-state index contributed by atoms with van der Waals surface area (Å²) in [5.41, 5.74) is 1.56. The highest BCUT2D eigenvalue weighted by molar-refractivity contribution is 7.21. The van der Waals surface area contributed by atoms with Gasteiger partial charge in [0, 0.05) is 40.4 Å². The molecule has 9 heteroatoms. The van der Waals surface area contributed by atoms with Crippen LogP contribution in [0.2, 0.25) is 15.1 Å². The summed E-state index contributed by atoms with van der Waals surface area (Å²) in [6, 6.07) is 10.6. The number of nitrogens with zero attached hydrogens (tertiary/aromatic N) is 1. The van der Waals surface area contributed by atoms with Crippen LogP contribution in [0, 0.1) is 0 Å². The standard InChI is InChI=1S/C21H18Cl3N3O2S/c22-13-9-15(23)17-16(10-13)30-19(18(17)24)20(28)25-11-12-4-3-5-14(8-12)26-21(29)27-6-1-2-7-27/h3-5,8-10H,1-2,6-7,11H2,(H,25,28)(H,26,29). The number of rotatable bonds is 4. The molecular formula is C21H18Cl3N3O2S. The third kappa shape index (κ3) is 4.52. The number of likely N-dealkylation sites (tertiary alicyclic amines) is 1. The fourth-order valence-electron chi connectivity index (χ4n) is 3.40. The summed E-state index contributed by atoms with van der Waals surface area (Å²) in [6.45, 7) is 1.87. The smallest absolute Gasteiger partial charge is 0.321 e. The minimum Gasteiger partial charge on any atom is -0.347 e. The summed E-state index contributed by atoms with van der Waals surface area (Å²) in [5, 5.41) is 7.64. The molecule has 156 valence electrons. The zero-order valence-corrected chi connectivity index (χ0v) is 18.9. The van der Waals surface area contributed by atoms with E-state index in [0.29, 0.717) is 37.6 Å². The van der Waals surface area contributed by atoms with Crippen LogP contribution in [0.15, 0.2) is 36.4 Å². The molecule has 1 saturated heterocycles. The van der Waals surface area contributed by atoms with Crippen molar-refractivity contribution in [1.29, 1.82) is 0 Å². The second-order valence-electron chi connectivity index (χ2n) is 7.01. The van der Waals surface area contributed by atoms with Gasteiger partial charge in [-0.3, -0.25) is 4.79 Å². The molecule has 0 aliphatic carbocycles. The van der Waals surface area contributed by atoms with Crippen molar-refractivity contribution in [2.45, 2.75) is 19.4 Å². The number of hydrogen-bond donors (Lipinski definition) is 2. The zero-order chi connectivity index (χ0) is 21.3. The summed E-state index contributed by atoms with van der Waals surface area (Å²) in [5.74, 6) is -0.292. The lowest BCUT2D eigenvalue weighted by atomic mass is 10.2. The molecule has 4 rings (SSSR count). The van der Waals surface area contributed by atoms with Gasteiger partial charge in [0.1, 0.15) is 4.88 Å². The molecule has 0 spiro atoms. The predicted octanol–water partition coefficient (Wildman–Crippen LogP) is 6.42. The maximum atomic E-state index is 12.7. The number of thiophene rings is 1. The average Bonchev–Trinajstić information content (AvgIpc) is 3.35. The number of hydrogen-bond acceptors (Lipinski definition) is 3. The van der Waals surface area contributed by atoms with E-state index in [1.54, 1.807) is 17.0 Å². The molecule has 1 fully saturated rings. The Morgan fingerprint density at radius 3 is 2.60 bits per heavy atom. The summed E-state index contributed by atoms with van der Waals surface area (Å²) >= 11 is 19.9. The number of carbonyl (C=O) groups excluding carboxylic acids is 2. The number of fused-ring (bicyclic) bond motifs is 1. The Bertz CT molecular complexity index is 1130. The van der Waals surface area contributed by atoms with E-state index in [4.69, 9.17) is 34.8 Å². The summed E-state index contributed by atoms with van der Waals surface area (Å²) in [4.78, 5) is 27.2. The second kappa shape index (κ2) is 9.02. The first-order valence-electron chi connectivity index (χ1n) is 9.42. The lowest BCUT2D eigenvalue weighted by Crippen LogP contribution is -2.32. The molecule has 3 aromatic rings. The van der Waals surface area contributed by atoms with Crippen molar-refractivity contribution in [3.05, 3.63) is 61.9 Å². The van der Waals surface area contributed by atoms with Crippen LogP contribution in [0.4, 0.5) is 10.5 Å². The Morgan fingerprint density at radius 1 is 1.07 bits per heavy atom. The molecular weight excluding hydrogens is 465 g/mol. The lowest BCUT2D eigenvalue weighted by molar-refractivity contribution is 0.0955. The maximum absolute atomic E-state index is 12.7. The Balaban J connectivity index is 1.44. The number of amides is 3. The molecule has 2 aromatic carbocycles. The van der Waals surface area contributed by atoms with Crippen molar-refractivity contribution in [1.82, 2.24) is 10.2 Å². The largest absolute Gasteiger partial charge is 0.347 e. The predicted molar refractivity (Wildman–Crippen MR) is 124 cm³/mol. The van der Waals surface area contributed by atoms with Crippen LogP contribution in [-0.4, -0.2) is 29.9 Å². The minimum atomic E-state index is -0.292. The van der Waals surface area contributed by atoms with E-state index in [1.165, 1.54) is 11.3 Å². The summed E-state index contributed by atoms with van der Waals surface area (Å²) in [7, 11) is 0. The molecule has 1 aliphatic rings. The molecule has 0 unspecified atom stereocenters. The number of anilines is 1. The number of urea groups is 1. The van der Waals surface area contributed by atoms with Crippen LogP contribution in [0.3, 0.4) is 0 Å². The quantitative estimate of drug-likeness (QED) is 0.451. The van der Waals surface area contributed by atoms with Gasteiger partial charge < -0.3 is 15.5 Å². The number of benzene rings is 2. The van der Waals surface area contributed by atoms with Gasteiger partial charge in [0.2, 0.25) is 0 Å². The van der Waals surface area contributed by atoms with Gasteiger partial charge in [-0.15, -0.1) is 11.3 Å². The van der Waals surface area contributed by atoms with Crippen molar-refractivity contribution in [3.63, 3.8) is 0 Å². The highest BCUT2D eigenvalue weighted by atomic mass is 35.5. The monoisotopic (exact) mass is 481 g/mol. The van der Waals surface area contributed by atoms with Gasteiger partial charge in [-0.05, 0) is 42.7 Å². The van der Waals surface area contributed by atoms with Crippen LogP contribution in [0.25, 0.3) is 10.1 Å². The normalized spacial score (nSPS) is 13.6. The Kier molecular flexibility index (Phi) is 6.39. The second-order valence-corrected chi connectivity index (χ2v) is 9.29. The van der Waals surface area contributed by atoms with Gasteiger partial charge in [0.15, 0.2) is 0 Å². The van der Waals surface area contributed by atoms with Crippen LogP contribution in [0.5, 0.6) is 0 Å².